The zero-order chi connectivity index (χ0) is 27.7. The SMILES string of the molecule is CC(=N)/C(=C(/C)O)c1cnc2c(-c3ccc(C(O)O)cc3)cn(C(F)(c3ccccn3)c3ccccn3)c2c1. The van der Waals surface area contributed by atoms with Crippen LogP contribution in [0.5, 0.6) is 0 Å². The van der Waals surface area contributed by atoms with Crippen LogP contribution in [-0.2, 0) is 5.79 Å². The van der Waals surface area contributed by atoms with E-state index in [1.807, 2.05) is 0 Å². The largest absolute Gasteiger partial charge is 0.512 e. The van der Waals surface area contributed by atoms with E-state index in [9.17, 15) is 15.3 Å². The van der Waals surface area contributed by atoms with Crippen LogP contribution in [-0.4, -0.2) is 40.6 Å². The zero-order valence-electron chi connectivity index (χ0n) is 21.2. The first kappa shape index (κ1) is 25.9. The van der Waals surface area contributed by atoms with Crippen molar-refractivity contribution in [3.05, 3.63) is 120 Å². The molecule has 5 aromatic rings. The van der Waals surface area contributed by atoms with Gasteiger partial charge >= 0.3 is 0 Å². The lowest BCUT2D eigenvalue weighted by Crippen LogP contribution is -2.32. The summed E-state index contributed by atoms with van der Waals surface area (Å²) in [5.41, 5.74) is 3.50. The van der Waals surface area contributed by atoms with Gasteiger partial charge in [0.1, 0.15) is 11.4 Å². The Morgan fingerprint density at radius 3 is 2.03 bits per heavy atom. The number of halogens is 1. The Bertz CT molecular complexity index is 1640. The van der Waals surface area contributed by atoms with Gasteiger partial charge in [0.2, 0.25) is 0 Å². The Kier molecular flexibility index (Phi) is 6.78. The number of alkyl halides is 1. The van der Waals surface area contributed by atoms with Gasteiger partial charge in [0.15, 0.2) is 6.29 Å². The van der Waals surface area contributed by atoms with E-state index in [2.05, 4.69) is 15.0 Å². The normalized spacial score (nSPS) is 12.6. The molecule has 196 valence electrons. The van der Waals surface area contributed by atoms with Crippen molar-refractivity contribution in [2.75, 3.05) is 0 Å². The van der Waals surface area contributed by atoms with Gasteiger partial charge in [0.25, 0.3) is 5.79 Å². The molecule has 0 aliphatic rings. The van der Waals surface area contributed by atoms with Crippen LogP contribution in [0.4, 0.5) is 4.39 Å². The van der Waals surface area contributed by atoms with Crippen molar-refractivity contribution >= 4 is 22.3 Å². The summed E-state index contributed by atoms with van der Waals surface area (Å²) in [5.74, 6) is -2.40. The van der Waals surface area contributed by atoms with Gasteiger partial charge in [-0.2, -0.15) is 0 Å². The first-order chi connectivity index (χ1) is 18.7. The number of aromatic nitrogens is 4. The minimum atomic E-state index is -2.35. The Hall–Kier alpha value is -4.73. The van der Waals surface area contributed by atoms with Crippen molar-refractivity contribution < 1.29 is 19.7 Å². The van der Waals surface area contributed by atoms with Crippen molar-refractivity contribution in [2.45, 2.75) is 25.9 Å². The molecular formula is C30H26FN5O3. The average Bonchev–Trinajstić information content (AvgIpc) is 3.32. The van der Waals surface area contributed by atoms with Gasteiger partial charge in [-0.25, -0.2) is 4.39 Å². The van der Waals surface area contributed by atoms with Crippen molar-refractivity contribution in [1.82, 2.24) is 19.5 Å². The van der Waals surface area contributed by atoms with Crippen LogP contribution in [0.1, 0.15) is 42.7 Å². The second-order valence-electron chi connectivity index (χ2n) is 9.14. The quantitative estimate of drug-likeness (QED) is 0.126. The van der Waals surface area contributed by atoms with Gasteiger partial charge in [0.05, 0.1) is 16.8 Å². The molecule has 0 bridgehead atoms. The third-order valence-corrected chi connectivity index (χ3v) is 6.53. The average molecular weight is 524 g/mol. The van der Waals surface area contributed by atoms with Crippen molar-refractivity contribution in [3.63, 3.8) is 0 Å². The molecule has 0 aliphatic carbocycles. The molecule has 0 radical (unpaired) electrons. The van der Waals surface area contributed by atoms with Crippen LogP contribution in [0, 0.1) is 5.41 Å². The molecule has 0 fully saturated rings. The summed E-state index contributed by atoms with van der Waals surface area (Å²) < 4.78 is 19.1. The number of aliphatic hydroxyl groups is 3. The molecule has 0 spiro atoms. The molecule has 9 heteroatoms. The molecule has 4 heterocycles. The van der Waals surface area contributed by atoms with Crippen molar-refractivity contribution in [1.29, 1.82) is 5.41 Å². The molecular weight excluding hydrogens is 497 g/mol. The Morgan fingerprint density at radius 1 is 0.923 bits per heavy atom. The van der Waals surface area contributed by atoms with Crippen LogP contribution in [0.25, 0.3) is 27.7 Å². The number of hydrogen-bond acceptors (Lipinski definition) is 7. The van der Waals surface area contributed by atoms with E-state index in [4.69, 9.17) is 5.41 Å². The van der Waals surface area contributed by atoms with Gasteiger partial charge in [0, 0.05) is 52.8 Å². The Balaban J connectivity index is 1.86. The molecule has 0 unspecified atom stereocenters. The van der Waals surface area contributed by atoms with Crippen LogP contribution in [0.2, 0.25) is 0 Å². The van der Waals surface area contributed by atoms with Gasteiger partial charge < -0.3 is 25.3 Å². The summed E-state index contributed by atoms with van der Waals surface area (Å²) in [6.45, 7) is 3.04. The fourth-order valence-electron chi connectivity index (χ4n) is 4.73. The molecule has 0 saturated heterocycles. The summed E-state index contributed by atoms with van der Waals surface area (Å²) in [6.07, 6.45) is 4.56. The molecule has 8 nitrogen and oxygen atoms in total. The zero-order valence-corrected chi connectivity index (χ0v) is 21.2. The lowest BCUT2D eigenvalue weighted by Gasteiger charge is -2.27. The number of hydrogen-bond donors (Lipinski definition) is 4. The molecule has 4 N–H and O–H groups in total. The number of allylic oxidation sites excluding steroid dienone is 2. The minimum absolute atomic E-state index is 0.0545. The highest BCUT2D eigenvalue weighted by Crippen LogP contribution is 2.41. The Labute approximate surface area is 223 Å². The first-order valence-corrected chi connectivity index (χ1v) is 12.2. The second kappa shape index (κ2) is 10.2. The van der Waals surface area contributed by atoms with E-state index < -0.39 is 12.1 Å². The molecule has 5 rings (SSSR count). The third kappa shape index (κ3) is 4.58. The number of fused-ring (bicyclic) bond motifs is 1. The first-order valence-electron chi connectivity index (χ1n) is 12.2. The summed E-state index contributed by atoms with van der Waals surface area (Å²) in [7, 11) is 0. The summed E-state index contributed by atoms with van der Waals surface area (Å²) >= 11 is 0. The van der Waals surface area contributed by atoms with Crippen LogP contribution >= 0.6 is 0 Å². The smallest absolute Gasteiger partial charge is 0.272 e. The summed E-state index contributed by atoms with van der Waals surface area (Å²) in [6, 6.07) is 18.2. The molecule has 1 aromatic carbocycles. The van der Waals surface area contributed by atoms with Crippen LogP contribution < -0.4 is 0 Å². The van der Waals surface area contributed by atoms with Gasteiger partial charge in [-0.05, 0) is 49.7 Å². The molecule has 0 saturated carbocycles. The number of rotatable bonds is 7. The molecule has 4 aromatic heterocycles. The summed E-state index contributed by atoms with van der Waals surface area (Å²) in [5, 5.41) is 37.5. The van der Waals surface area contributed by atoms with E-state index in [0.717, 1.165) is 0 Å². The van der Waals surface area contributed by atoms with Crippen molar-refractivity contribution in [3.8, 4) is 11.1 Å². The van der Waals surface area contributed by atoms with E-state index in [1.165, 1.54) is 30.1 Å². The number of aliphatic hydroxyl groups excluding tert-OH is 2. The maximum Gasteiger partial charge on any atom is 0.272 e. The topological polar surface area (TPSA) is 128 Å². The Morgan fingerprint density at radius 2 is 1.54 bits per heavy atom. The molecule has 0 amide bonds. The maximum atomic E-state index is 17.7. The van der Waals surface area contributed by atoms with E-state index in [1.54, 1.807) is 79.9 Å². The lowest BCUT2D eigenvalue weighted by molar-refractivity contribution is -0.0424. The molecule has 0 aliphatic heterocycles. The van der Waals surface area contributed by atoms with E-state index in [0.29, 0.717) is 38.9 Å². The summed E-state index contributed by atoms with van der Waals surface area (Å²) in [4.78, 5) is 13.3. The second-order valence-corrected chi connectivity index (χ2v) is 9.14. The maximum absolute atomic E-state index is 17.7. The highest BCUT2D eigenvalue weighted by Gasteiger charge is 2.41. The van der Waals surface area contributed by atoms with Gasteiger partial charge in [-0.15, -0.1) is 0 Å². The fraction of sp³-hybridized carbons (Fsp3) is 0.133. The van der Waals surface area contributed by atoms with Crippen molar-refractivity contribution in [2.24, 2.45) is 0 Å². The number of benzene rings is 1. The van der Waals surface area contributed by atoms with Crippen LogP contribution in [0.3, 0.4) is 0 Å². The third-order valence-electron chi connectivity index (χ3n) is 6.53. The highest BCUT2D eigenvalue weighted by molar-refractivity contribution is 6.22. The number of pyridine rings is 3. The van der Waals surface area contributed by atoms with Gasteiger partial charge in [-0.1, -0.05) is 36.4 Å². The molecule has 0 atom stereocenters. The molecule has 39 heavy (non-hydrogen) atoms. The number of nitrogens with one attached hydrogen (secondary N) is 1. The lowest BCUT2D eigenvalue weighted by atomic mass is 10.0. The minimum Gasteiger partial charge on any atom is -0.512 e. The van der Waals surface area contributed by atoms with Gasteiger partial charge in [-0.3, -0.25) is 15.0 Å². The fourth-order valence-corrected chi connectivity index (χ4v) is 4.73. The predicted octanol–water partition coefficient (Wildman–Crippen LogP) is 5.52. The van der Waals surface area contributed by atoms with E-state index >= 15 is 4.39 Å². The highest BCUT2D eigenvalue weighted by atomic mass is 19.1. The monoisotopic (exact) mass is 523 g/mol. The standard InChI is InChI=1S/C30H26FN5O3/c1-18(32)27(19(2)37)22-15-24-28(35-16-22)23(20-9-11-21(12-10-20)29(38)39)17-36(24)30(31,25-7-3-5-13-33-25)26-8-4-6-14-34-26/h3-17,29,32,37-39H,1-2H3/b27-19+,32-18?. The predicted molar refractivity (Wildman–Crippen MR) is 147 cm³/mol. The van der Waals surface area contributed by atoms with Crippen LogP contribution in [0.15, 0.2) is 97.3 Å². The number of nitrogens with zero attached hydrogens (tertiary/aromatic N) is 4. The van der Waals surface area contributed by atoms with E-state index in [-0.39, 0.29) is 22.9 Å².